The van der Waals surface area contributed by atoms with Crippen LogP contribution in [0.3, 0.4) is 0 Å². The van der Waals surface area contributed by atoms with E-state index in [2.05, 4.69) is 31.2 Å². The molecule has 84 valence electrons. The molecule has 17 heavy (non-hydrogen) atoms. The zero-order chi connectivity index (χ0) is 11.8. The van der Waals surface area contributed by atoms with Gasteiger partial charge in [-0.15, -0.1) is 0 Å². The number of hydrogen-bond donors (Lipinski definition) is 0. The Morgan fingerprint density at radius 2 is 1.71 bits per heavy atom. The highest BCUT2D eigenvalue weighted by molar-refractivity contribution is 6.04. The lowest BCUT2D eigenvalue weighted by Crippen LogP contribution is -1.98. The Hall–Kier alpha value is -2.09. The van der Waals surface area contributed by atoms with Gasteiger partial charge in [-0.05, 0) is 18.6 Å². The van der Waals surface area contributed by atoms with Crippen molar-refractivity contribution in [1.29, 1.82) is 0 Å². The minimum Gasteiger partial charge on any atom is -0.484 e. The van der Waals surface area contributed by atoms with Gasteiger partial charge in [-0.25, -0.2) is 0 Å². The highest BCUT2D eigenvalue weighted by atomic mass is 16.5. The van der Waals surface area contributed by atoms with Gasteiger partial charge in [-0.1, -0.05) is 42.0 Å². The zero-order valence-corrected chi connectivity index (χ0v) is 9.57. The summed E-state index contributed by atoms with van der Waals surface area (Å²) in [6.07, 6.45) is 0. The van der Waals surface area contributed by atoms with E-state index in [0.29, 0.717) is 5.56 Å². The maximum atomic E-state index is 11.6. The number of ether oxygens (including phenoxy) is 1. The Balaban J connectivity index is 2.16. The Morgan fingerprint density at radius 1 is 1.00 bits per heavy atom. The normalized spacial score (nSPS) is 13.4. The molecule has 2 aromatic carbocycles. The largest absolute Gasteiger partial charge is 0.484 e. The fraction of sp³-hybridized carbons (Fsp3) is 0.133. The van der Waals surface area contributed by atoms with Crippen molar-refractivity contribution in [1.82, 2.24) is 0 Å². The van der Waals surface area contributed by atoms with Gasteiger partial charge in [0, 0.05) is 5.56 Å². The van der Waals surface area contributed by atoms with E-state index in [-0.39, 0.29) is 12.4 Å². The predicted molar refractivity (Wildman–Crippen MR) is 66.4 cm³/mol. The lowest BCUT2D eigenvalue weighted by molar-refractivity contribution is 0.0961. The highest BCUT2D eigenvalue weighted by Crippen LogP contribution is 2.36. The summed E-state index contributed by atoms with van der Waals surface area (Å²) in [6.45, 7) is 2.22. The second-order valence-electron chi connectivity index (χ2n) is 4.26. The number of fused-ring (bicyclic) bond motifs is 1. The molecule has 3 rings (SSSR count). The number of carbonyl (C=O) groups excluding carboxylic acids is 1. The summed E-state index contributed by atoms with van der Waals surface area (Å²) in [5.74, 6) is 0.787. The Bertz CT molecular complexity index is 582. The van der Waals surface area contributed by atoms with Gasteiger partial charge in [0.15, 0.2) is 6.61 Å². The molecule has 1 aliphatic heterocycles. The van der Waals surface area contributed by atoms with Crippen LogP contribution in [0, 0.1) is 6.92 Å². The summed E-state index contributed by atoms with van der Waals surface area (Å²) in [7, 11) is 0. The van der Waals surface area contributed by atoms with E-state index in [4.69, 9.17) is 4.74 Å². The lowest BCUT2D eigenvalue weighted by atomic mass is 10.00. The summed E-state index contributed by atoms with van der Waals surface area (Å²) in [6, 6.07) is 13.9. The smallest absolute Gasteiger partial charge is 0.203 e. The molecule has 0 aliphatic carbocycles. The molecule has 2 aromatic rings. The molecule has 0 saturated heterocycles. The van der Waals surface area contributed by atoms with Crippen molar-refractivity contribution in [2.75, 3.05) is 6.61 Å². The summed E-state index contributed by atoms with van der Waals surface area (Å²) in [5, 5.41) is 0. The zero-order valence-electron chi connectivity index (χ0n) is 9.57. The molecule has 0 amide bonds. The monoisotopic (exact) mass is 224 g/mol. The quantitative estimate of drug-likeness (QED) is 0.743. The maximum absolute atomic E-state index is 11.6. The van der Waals surface area contributed by atoms with Gasteiger partial charge in [0.1, 0.15) is 5.75 Å². The average Bonchev–Trinajstić information content (AvgIpc) is 2.73. The SMILES string of the molecule is Cc1ccc(-c2cccc3c2OCC3=O)cc1. The van der Waals surface area contributed by atoms with Crippen molar-refractivity contribution in [2.45, 2.75) is 6.92 Å². The Morgan fingerprint density at radius 3 is 2.47 bits per heavy atom. The van der Waals surface area contributed by atoms with Gasteiger partial charge < -0.3 is 4.74 Å². The number of ketones is 1. The summed E-state index contributed by atoms with van der Waals surface area (Å²) in [4.78, 5) is 11.6. The second kappa shape index (κ2) is 3.74. The van der Waals surface area contributed by atoms with Crippen molar-refractivity contribution < 1.29 is 9.53 Å². The van der Waals surface area contributed by atoms with Crippen LogP contribution in [0.1, 0.15) is 15.9 Å². The van der Waals surface area contributed by atoms with Crippen molar-refractivity contribution in [3.05, 3.63) is 53.6 Å². The Labute approximate surface area is 99.9 Å². The number of rotatable bonds is 1. The molecule has 0 aromatic heterocycles. The number of carbonyl (C=O) groups is 1. The van der Waals surface area contributed by atoms with Crippen LogP contribution in [0.15, 0.2) is 42.5 Å². The van der Waals surface area contributed by atoms with Gasteiger partial charge in [-0.3, -0.25) is 4.79 Å². The first-order chi connectivity index (χ1) is 8.25. The van der Waals surface area contributed by atoms with Crippen LogP contribution < -0.4 is 4.74 Å². The minimum absolute atomic E-state index is 0.0639. The van der Waals surface area contributed by atoms with E-state index in [0.717, 1.165) is 16.9 Å². The van der Waals surface area contributed by atoms with Crippen LogP contribution in [0.4, 0.5) is 0 Å². The first-order valence-electron chi connectivity index (χ1n) is 5.62. The van der Waals surface area contributed by atoms with Gasteiger partial charge in [-0.2, -0.15) is 0 Å². The molecule has 0 unspecified atom stereocenters. The van der Waals surface area contributed by atoms with Crippen molar-refractivity contribution in [3.63, 3.8) is 0 Å². The van der Waals surface area contributed by atoms with E-state index in [1.165, 1.54) is 5.56 Å². The van der Waals surface area contributed by atoms with Crippen LogP contribution in [0.5, 0.6) is 5.75 Å². The third-order valence-electron chi connectivity index (χ3n) is 3.03. The van der Waals surface area contributed by atoms with Gasteiger partial charge in [0.2, 0.25) is 5.78 Å². The van der Waals surface area contributed by atoms with Gasteiger partial charge in [0.25, 0.3) is 0 Å². The summed E-state index contributed by atoms with van der Waals surface area (Å²) >= 11 is 0. The first-order valence-corrected chi connectivity index (χ1v) is 5.62. The molecule has 0 saturated carbocycles. The molecule has 2 nitrogen and oxygen atoms in total. The van der Waals surface area contributed by atoms with Crippen LogP contribution in [0.25, 0.3) is 11.1 Å². The fourth-order valence-electron chi connectivity index (χ4n) is 2.09. The standard InChI is InChI=1S/C15H12O2/c1-10-5-7-11(8-6-10)12-3-2-4-13-14(16)9-17-15(12)13/h2-8H,9H2,1H3. The molecule has 1 aliphatic rings. The van der Waals surface area contributed by atoms with Crippen molar-refractivity contribution >= 4 is 5.78 Å². The molecule has 0 fully saturated rings. The average molecular weight is 224 g/mol. The number of hydrogen-bond acceptors (Lipinski definition) is 2. The summed E-state index contributed by atoms with van der Waals surface area (Å²) in [5.41, 5.74) is 4.00. The highest BCUT2D eigenvalue weighted by Gasteiger charge is 2.23. The number of para-hydroxylation sites is 1. The van der Waals surface area contributed by atoms with E-state index in [1.54, 1.807) is 0 Å². The van der Waals surface area contributed by atoms with E-state index in [1.807, 2.05) is 18.2 Å². The third-order valence-corrected chi connectivity index (χ3v) is 3.03. The van der Waals surface area contributed by atoms with Crippen LogP contribution >= 0.6 is 0 Å². The van der Waals surface area contributed by atoms with E-state index in [9.17, 15) is 4.79 Å². The molecule has 0 radical (unpaired) electrons. The predicted octanol–water partition coefficient (Wildman–Crippen LogP) is 3.24. The molecular formula is C15H12O2. The van der Waals surface area contributed by atoms with Crippen LogP contribution in [-0.2, 0) is 0 Å². The molecule has 0 N–H and O–H groups in total. The summed E-state index contributed by atoms with van der Waals surface area (Å²) < 4.78 is 5.48. The van der Waals surface area contributed by atoms with Crippen molar-refractivity contribution in [3.8, 4) is 16.9 Å². The maximum Gasteiger partial charge on any atom is 0.203 e. The van der Waals surface area contributed by atoms with Crippen LogP contribution in [0.2, 0.25) is 0 Å². The van der Waals surface area contributed by atoms with Gasteiger partial charge in [0.05, 0.1) is 5.56 Å². The Kier molecular flexibility index (Phi) is 2.22. The molecule has 0 bridgehead atoms. The molecule has 1 heterocycles. The molecule has 2 heteroatoms. The fourth-order valence-corrected chi connectivity index (χ4v) is 2.09. The number of benzene rings is 2. The number of Topliss-reactive ketones (excluding diaryl/α,β-unsaturated/α-hetero) is 1. The minimum atomic E-state index is 0.0639. The third kappa shape index (κ3) is 1.62. The molecule has 0 spiro atoms. The number of aryl methyl sites for hydroxylation is 1. The van der Waals surface area contributed by atoms with E-state index >= 15 is 0 Å². The lowest BCUT2D eigenvalue weighted by Gasteiger charge is -2.07. The van der Waals surface area contributed by atoms with Crippen molar-refractivity contribution in [2.24, 2.45) is 0 Å². The second-order valence-corrected chi connectivity index (χ2v) is 4.26. The van der Waals surface area contributed by atoms with E-state index < -0.39 is 0 Å². The van der Waals surface area contributed by atoms with Crippen LogP contribution in [-0.4, -0.2) is 12.4 Å². The topological polar surface area (TPSA) is 26.3 Å². The molecular weight excluding hydrogens is 212 g/mol. The first kappa shape index (κ1) is 10.1. The molecule has 0 atom stereocenters. The van der Waals surface area contributed by atoms with Gasteiger partial charge >= 0.3 is 0 Å².